The average molecular weight is 375 g/mol. The molecule has 0 saturated heterocycles. The van der Waals surface area contributed by atoms with Crippen LogP contribution in [0.5, 0.6) is 0 Å². The molecule has 0 bridgehead atoms. The van der Waals surface area contributed by atoms with Crippen LogP contribution < -0.4 is 10.6 Å². The van der Waals surface area contributed by atoms with Gasteiger partial charge in [-0.1, -0.05) is 29.8 Å². The Labute approximate surface area is 165 Å². The Morgan fingerprint density at radius 3 is 2.79 bits per heavy atom. The van der Waals surface area contributed by atoms with Crippen LogP contribution in [0.1, 0.15) is 35.2 Å². The van der Waals surface area contributed by atoms with Gasteiger partial charge in [-0.05, 0) is 61.9 Å². The molecule has 5 heteroatoms. The zero-order valence-electron chi connectivity index (χ0n) is 16.1. The first kappa shape index (κ1) is 18.3. The number of fused-ring (bicyclic) bond motifs is 1. The second kappa shape index (κ2) is 8.30. The second-order valence-corrected chi connectivity index (χ2v) is 7.29. The number of benzene rings is 2. The van der Waals surface area contributed by atoms with E-state index in [2.05, 4.69) is 21.7 Å². The molecule has 0 spiro atoms. The number of nitrogens with one attached hydrogen (secondary N) is 2. The van der Waals surface area contributed by atoms with Crippen molar-refractivity contribution >= 4 is 11.7 Å². The van der Waals surface area contributed by atoms with Crippen LogP contribution in [-0.2, 0) is 19.3 Å². The van der Waals surface area contributed by atoms with E-state index in [1.54, 1.807) is 6.26 Å². The van der Waals surface area contributed by atoms with Crippen LogP contribution in [0.25, 0.3) is 11.5 Å². The molecule has 0 aliphatic heterocycles. The minimum absolute atomic E-state index is 0.179. The lowest BCUT2D eigenvalue weighted by Gasteiger charge is -2.19. The summed E-state index contributed by atoms with van der Waals surface area (Å²) in [5, 5.41) is 5.91. The predicted molar refractivity (Wildman–Crippen MR) is 110 cm³/mol. The monoisotopic (exact) mass is 375 g/mol. The van der Waals surface area contributed by atoms with Gasteiger partial charge in [0.1, 0.15) is 6.26 Å². The molecule has 28 heavy (non-hydrogen) atoms. The molecular weight excluding hydrogens is 350 g/mol. The lowest BCUT2D eigenvalue weighted by molar-refractivity contribution is 0.252. The first-order chi connectivity index (χ1) is 13.7. The van der Waals surface area contributed by atoms with Crippen molar-refractivity contribution in [1.29, 1.82) is 0 Å². The third kappa shape index (κ3) is 4.25. The van der Waals surface area contributed by atoms with Crippen LogP contribution in [0.15, 0.2) is 53.1 Å². The van der Waals surface area contributed by atoms with E-state index < -0.39 is 0 Å². The van der Waals surface area contributed by atoms with Gasteiger partial charge in [-0.15, -0.1) is 0 Å². The van der Waals surface area contributed by atoms with Gasteiger partial charge in [0.2, 0.25) is 5.89 Å². The topological polar surface area (TPSA) is 67.2 Å². The molecule has 2 N–H and O–H groups in total. The highest BCUT2D eigenvalue weighted by atomic mass is 16.3. The van der Waals surface area contributed by atoms with Crippen LogP contribution in [0.4, 0.5) is 10.5 Å². The Morgan fingerprint density at radius 2 is 1.93 bits per heavy atom. The molecule has 3 aromatic rings. The van der Waals surface area contributed by atoms with Gasteiger partial charge in [0, 0.05) is 24.2 Å². The second-order valence-electron chi connectivity index (χ2n) is 7.29. The fourth-order valence-electron chi connectivity index (χ4n) is 3.62. The van der Waals surface area contributed by atoms with Gasteiger partial charge in [0.05, 0.1) is 5.69 Å². The van der Waals surface area contributed by atoms with Gasteiger partial charge in [0.25, 0.3) is 0 Å². The van der Waals surface area contributed by atoms with Crippen LogP contribution in [0.3, 0.4) is 0 Å². The molecule has 0 fully saturated rings. The first-order valence-electron chi connectivity index (χ1n) is 9.86. The number of anilines is 1. The number of rotatable bonds is 5. The molecular formula is C23H25N3O2. The molecule has 2 amide bonds. The molecule has 144 valence electrons. The molecule has 1 aromatic heterocycles. The molecule has 2 aromatic carbocycles. The van der Waals surface area contributed by atoms with E-state index in [1.807, 2.05) is 43.3 Å². The van der Waals surface area contributed by atoms with Crippen molar-refractivity contribution in [1.82, 2.24) is 10.3 Å². The van der Waals surface area contributed by atoms with E-state index in [9.17, 15) is 4.79 Å². The van der Waals surface area contributed by atoms with Gasteiger partial charge in [-0.25, -0.2) is 9.78 Å². The van der Waals surface area contributed by atoms with Crippen molar-refractivity contribution in [3.8, 4) is 11.5 Å². The molecule has 0 radical (unpaired) electrons. The number of oxazole rings is 1. The number of hydrogen-bond donors (Lipinski definition) is 2. The molecule has 1 aliphatic rings. The lowest BCUT2D eigenvalue weighted by atomic mass is 9.90. The van der Waals surface area contributed by atoms with Crippen molar-refractivity contribution in [2.45, 2.75) is 39.0 Å². The Balaban J connectivity index is 1.30. The van der Waals surface area contributed by atoms with E-state index >= 15 is 0 Å². The molecule has 0 unspecified atom stereocenters. The fraction of sp³-hybridized carbons (Fsp3) is 0.304. The quantitative estimate of drug-likeness (QED) is 0.667. The minimum Gasteiger partial charge on any atom is -0.444 e. The van der Waals surface area contributed by atoms with Crippen LogP contribution >= 0.6 is 0 Å². The highest BCUT2D eigenvalue weighted by molar-refractivity contribution is 5.90. The summed E-state index contributed by atoms with van der Waals surface area (Å²) in [6, 6.07) is 14.0. The van der Waals surface area contributed by atoms with E-state index in [0.717, 1.165) is 29.8 Å². The molecule has 0 saturated carbocycles. The van der Waals surface area contributed by atoms with Crippen molar-refractivity contribution in [3.05, 3.63) is 71.1 Å². The van der Waals surface area contributed by atoms with E-state index in [0.29, 0.717) is 18.9 Å². The summed E-state index contributed by atoms with van der Waals surface area (Å²) in [5.41, 5.74) is 6.55. The zero-order chi connectivity index (χ0) is 19.3. The summed E-state index contributed by atoms with van der Waals surface area (Å²) >= 11 is 0. The fourth-order valence-corrected chi connectivity index (χ4v) is 3.62. The number of carbonyl (C=O) groups is 1. The van der Waals surface area contributed by atoms with Crippen molar-refractivity contribution < 1.29 is 9.21 Å². The summed E-state index contributed by atoms with van der Waals surface area (Å²) in [4.78, 5) is 16.8. The minimum atomic E-state index is -0.179. The summed E-state index contributed by atoms with van der Waals surface area (Å²) in [7, 11) is 0. The predicted octanol–water partition coefficient (Wildman–Crippen LogP) is 4.89. The Kier molecular flexibility index (Phi) is 5.42. The highest BCUT2D eigenvalue weighted by Crippen LogP contribution is 2.27. The number of carbonyl (C=O) groups excluding carboxylic acids is 1. The summed E-state index contributed by atoms with van der Waals surface area (Å²) < 4.78 is 5.57. The van der Waals surface area contributed by atoms with Gasteiger partial charge in [-0.3, -0.25) is 0 Å². The van der Waals surface area contributed by atoms with Crippen molar-refractivity contribution in [2.75, 3.05) is 11.9 Å². The maximum Gasteiger partial charge on any atom is 0.319 e. The Morgan fingerprint density at radius 1 is 1.11 bits per heavy atom. The number of hydrogen-bond acceptors (Lipinski definition) is 3. The first-order valence-corrected chi connectivity index (χ1v) is 9.86. The maximum absolute atomic E-state index is 12.3. The van der Waals surface area contributed by atoms with Crippen LogP contribution in [0, 0.1) is 6.92 Å². The van der Waals surface area contributed by atoms with Crippen LogP contribution in [0.2, 0.25) is 0 Å². The van der Waals surface area contributed by atoms with Gasteiger partial charge in [0.15, 0.2) is 0 Å². The maximum atomic E-state index is 12.3. The molecule has 1 aliphatic carbocycles. The normalized spacial score (nSPS) is 13.0. The Hall–Kier alpha value is -3.08. The van der Waals surface area contributed by atoms with Crippen LogP contribution in [-0.4, -0.2) is 17.6 Å². The number of nitrogens with zero attached hydrogens (tertiary/aromatic N) is 1. The molecule has 1 heterocycles. The van der Waals surface area contributed by atoms with Gasteiger partial charge in [-0.2, -0.15) is 0 Å². The number of urea groups is 1. The summed E-state index contributed by atoms with van der Waals surface area (Å²) in [5.74, 6) is 0.607. The molecule has 0 atom stereocenters. The summed E-state index contributed by atoms with van der Waals surface area (Å²) in [6.45, 7) is 2.55. The number of amides is 2. The SMILES string of the molecule is Cc1ccc(-c2nc(CCNC(=O)Nc3cccc4c3CCCC4)co2)cc1. The number of aromatic nitrogens is 1. The van der Waals surface area contributed by atoms with Gasteiger partial charge >= 0.3 is 6.03 Å². The highest BCUT2D eigenvalue weighted by Gasteiger charge is 2.14. The third-order valence-electron chi connectivity index (χ3n) is 5.16. The standard InChI is InChI=1S/C23H25N3O2/c1-16-9-11-18(12-10-16)22-25-19(15-28-22)13-14-24-23(27)26-21-8-4-6-17-5-2-3-7-20(17)21/h4,6,8-12,15H,2-3,5,7,13-14H2,1H3,(H2,24,26,27). The number of aryl methyl sites for hydroxylation is 2. The van der Waals surface area contributed by atoms with Gasteiger partial charge < -0.3 is 15.1 Å². The zero-order valence-corrected chi connectivity index (χ0v) is 16.1. The van der Waals surface area contributed by atoms with E-state index in [4.69, 9.17) is 4.42 Å². The molecule has 5 nitrogen and oxygen atoms in total. The smallest absolute Gasteiger partial charge is 0.319 e. The average Bonchev–Trinajstić information content (AvgIpc) is 3.18. The molecule has 4 rings (SSSR count). The third-order valence-corrected chi connectivity index (χ3v) is 5.16. The van der Waals surface area contributed by atoms with Crippen molar-refractivity contribution in [3.63, 3.8) is 0 Å². The van der Waals surface area contributed by atoms with E-state index in [-0.39, 0.29) is 6.03 Å². The Bertz CT molecular complexity index is 960. The largest absolute Gasteiger partial charge is 0.444 e. The van der Waals surface area contributed by atoms with E-state index in [1.165, 1.54) is 29.5 Å². The lowest BCUT2D eigenvalue weighted by Crippen LogP contribution is -2.31. The van der Waals surface area contributed by atoms with Crippen molar-refractivity contribution in [2.24, 2.45) is 0 Å². The summed E-state index contributed by atoms with van der Waals surface area (Å²) in [6.07, 6.45) is 6.82.